The Morgan fingerprint density at radius 1 is 1.50 bits per heavy atom. The van der Waals surface area contributed by atoms with Crippen molar-refractivity contribution in [1.82, 2.24) is 0 Å². The molecular weight excluding hydrogens is 178 g/mol. The number of rotatable bonds is 2. The third-order valence-corrected chi connectivity index (χ3v) is 1.84. The van der Waals surface area contributed by atoms with Gasteiger partial charge >= 0.3 is 5.97 Å². The van der Waals surface area contributed by atoms with Crippen molar-refractivity contribution in [2.24, 2.45) is 0 Å². The van der Waals surface area contributed by atoms with Crippen LogP contribution >= 0.6 is 0 Å². The molecule has 1 N–H and O–H groups in total. The lowest BCUT2D eigenvalue weighted by atomic mass is 10.00. The lowest BCUT2D eigenvalue weighted by Gasteiger charge is -2.04. The Balaban J connectivity index is 3.40. The zero-order valence-corrected chi connectivity index (χ0v) is 7.74. The second-order valence-electron chi connectivity index (χ2n) is 2.96. The first-order chi connectivity index (χ1) is 6.56. The van der Waals surface area contributed by atoms with E-state index in [1.54, 1.807) is 19.1 Å². The van der Waals surface area contributed by atoms with E-state index < -0.39 is 5.97 Å². The van der Waals surface area contributed by atoms with Gasteiger partial charge in [0.05, 0.1) is 17.2 Å². The summed E-state index contributed by atoms with van der Waals surface area (Å²) in [7, 11) is 0. The SMILES string of the molecule is C=C(C)c1ccc(C#N)cc1C(=O)O. The van der Waals surface area contributed by atoms with Crippen LogP contribution in [0.2, 0.25) is 0 Å². The fourth-order valence-electron chi connectivity index (χ4n) is 1.16. The number of nitrogens with zero attached hydrogens (tertiary/aromatic N) is 1. The standard InChI is InChI=1S/C11H9NO2/c1-7(2)9-4-3-8(6-12)5-10(9)11(13)14/h3-5H,1H2,2H3,(H,13,14). The molecule has 0 saturated carbocycles. The number of carboxylic acid groups (broad SMARTS) is 1. The molecule has 0 unspecified atom stereocenters. The molecule has 0 heterocycles. The van der Waals surface area contributed by atoms with Crippen LogP contribution in [0.15, 0.2) is 24.8 Å². The quantitative estimate of drug-likeness (QED) is 0.772. The number of carbonyl (C=O) groups is 1. The molecule has 0 spiro atoms. The molecule has 1 aromatic carbocycles. The smallest absolute Gasteiger partial charge is 0.336 e. The van der Waals surface area contributed by atoms with Crippen molar-refractivity contribution in [2.75, 3.05) is 0 Å². The largest absolute Gasteiger partial charge is 0.478 e. The van der Waals surface area contributed by atoms with Crippen molar-refractivity contribution in [2.45, 2.75) is 6.92 Å². The lowest BCUT2D eigenvalue weighted by Crippen LogP contribution is -2.01. The van der Waals surface area contributed by atoms with Crippen LogP contribution in [0.3, 0.4) is 0 Å². The van der Waals surface area contributed by atoms with E-state index in [0.717, 1.165) is 0 Å². The van der Waals surface area contributed by atoms with E-state index >= 15 is 0 Å². The summed E-state index contributed by atoms with van der Waals surface area (Å²) in [5.74, 6) is -1.04. The summed E-state index contributed by atoms with van der Waals surface area (Å²) in [5, 5.41) is 17.5. The molecule has 0 aliphatic heterocycles. The van der Waals surface area contributed by atoms with Crippen molar-refractivity contribution in [3.8, 4) is 6.07 Å². The second-order valence-corrected chi connectivity index (χ2v) is 2.96. The second kappa shape index (κ2) is 3.75. The molecule has 3 nitrogen and oxygen atoms in total. The Labute approximate surface area is 81.9 Å². The van der Waals surface area contributed by atoms with Gasteiger partial charge in [-0.05, 0) is 24.6 Å². The molecule has 0 fully saturated rings. The number of hydrogen-bond donors (Lipinski definition) is 1. The Morgan fingerprint density at radius 3 is 2.57 bits per heavy atom. The van der Waals surface area contributed by atoms with Gasteiger partial charge in [-0.1, -0.05) is 18.2 Å². The molecule has 1 rings (SSSR count). The van der Waals surface area contributed by atoms with Gasteiger partial charge < -0.3 is 5.11 Å². The van der Waals surface area contributed by atoms with E-state index in [2.05, 4.69) is 6.58 Å². The predicted molar refractivity (Wildman–Crippen MR) is 52.8 cm³/mol. The van der Waals surface area contributed by atoms with Crippen LogP contribution in [-0.2, 0) is 0 Å². The van der Waals surface area contributed by atoms with Gasteiger partial charge in [0.25, 0.3) is 0 Å². The summed E-state index contributed by atoms with van der Waals surface area (Å²) in [4.78, 5) is 10.8. The van der Waals surface area contributed by atoms with Gasteiger partial charge in [-0.15, -0.1) is 0 Å². The van der Waals surface area contributed by atoms with Crippen LogP contribution in [0, 0.1) is 11.3 Å². The molecule has 0 aromatic heterocycles. The Hall–Kier alpha value is -2.08. The minimum absolute atomic E-state index is 0.122. The molecule has 0 saturated heterocycles. The maximum atomic E-state index is 10.8. The van der Waals surface area contributed by atoms with Crippen molar-refractivity contribution in [3.05, 3.63) is 41.5 Å². The van der Waals surface area contributed by atoms with E-state index in [9.17, 15) is 4.79 Å². The Bertz CT molecular complexity index is 441. The highest BCUT2D eigenvalue weighted by Gasteiger charge is 2.10. The topological polar surface area (TPSA) is 61.1 Å². The van der Waals surface area contributed by atoms with E-state index in [-0.39, 0.29) is 5.56 Å². The fourth-order valence-corrected chi connectivity index (χ4v) is 1.16. The number of allylic oxidation sites excluding steroid dienone is 1. The van der Waals surface area contributed by atoms with E-state index in [1.807, 2.05) is 6.07 Å². The molecule has 3 heteroatoms. The summed E-state index contributed by atoms with van der Waals surface area (Å²) in [5.41, 5.74) is 1.70. The highest BCUT2D eigenvalue weighted by molar-refractivity contribution is 5.94. The summed E-state index contributed by atoms with van der Waals surface area (Å²) in [6, 6.07) is 6.43. The van der Waals surface area contributed by atoms with Gasteiger partial charge in [0.1, 0.15) is 0 Å². The molecule has 0 aliphatic rings. The monoisotopic (exact) mass is 187 g/mol. The molecule has 0 aliphatic carbocycles. The number of benzene rings is 1. The van der Waals surface area contributed by atoms with Crippen LogP contribution in [0.5, 0.6) is 0 Å². The van der Waals surface area contributed by atoms with Gasteiger partial charge in [0, 0.05) is 0 Å². The number of aromatic carboxylic acids is 1. The van der Waals surface area contributed by atoms with Gasteiger partial charge in [0.15, 0.2) is 0 Å². The summed E-state index contributed by atoms with van der Waals surface area (Å²) >= 11 is 0. The first-order valence-corrected chi connectivity index (χ1v) is 3.99. The summed E-state index contributed by atoms with van der Waals surface area (Å²) < 4.78 is 0. The number of carboxylic acids is 1. The highest BCUT2D eigenvalue weighted by Crippen LogP contribution is 2.18. The fraction of sp³-hybridized carbons (Fsp3) is 0.0909. The molecule has 0 amide bonds. The highest BCUT2D eigenvalue weighted by atomic mass is 16.4. The third-order valence-electron chi connectivity index (χ3n) is 1.84. The molecule has 1 aromatic rings. The molecule has 0 atom stereocenters. The Kier molecular flexibility index (Phi) is 2.68. The van der Waals surface area contributed by atoms with Crippen LogP contribution in [0.1, 0.15) is 28.4 Å². The van der Waals surface area contributed by atoms with Crippen LogP contribution < -0.4 is 0 Å². The van der Waals surface area contributed by atoms with E-state index in [1.165, 1.54) is 6.07 Å². The summed E-state index contributed by atoms with van der Waals surface area (Å²) in [6.45, 7) is 5.41. The average Bonchev–Trinajstić information content (AvgIpc) is 2.16. The number of hydrogen-bond acceptors (Lipinski definition) is 2. The first kappa shape index (κ1) is 10.0. The van der Waals surface area contributed by atoms with E-state index in [0.29, 0.717) is 16.7 Å². The molecule has 70 valence electrons. The lowest BCUT2D eigenvalue weighted by molar-refractivity contribution is 0.0696. The third kappa shape index (κ3) is 1.80. The van der Waals surface area contributed by atoms with Crippen molar-refractivity contribution < 1.29 is 9.90 Å². The van der Waals surface area contributed by atoms with Crippen molar-refractivity contribution in [1.29, 1.82) is 5.26 Å². The van der Waals surface area contributed by atoms with E-state index in [4.69, 9.17) is 10.4 Å². The Morgan fingerprint density at radius 2 is 2.14 bits per heavy atom. The predicted octanol–water partition coefficient (Wildman–Crippen LogP) is 2.29. The normalized spacial score (nSPS) is 9.14. The van der Waals surface area contributed by atoms with Gasteiger partial charge in [-0.3, -0.25) is 0 Å². The first-order valence-electron chi connectivity index (χ1n) is 3.99. The van der Waals surface area contributed by atoms with Gasteiger partial charge in [0.2, 0.25) is 0 Å². The molecule has 14 heavy (non-hydrogen) atoms. The molecule has 0 radical (unpaired) electrons. The molecular formula is C11H9NO2. The zero-order valence-electron chi connectivity index (χ0n) is 7.74. The van der Waals surface area contributed by atoms with Crippen LogP contribution in [0.4, 0.5) is 0 Å². The van der Waals surface area contributed by atoms with Crippen LogP contribution in [0.25, 0.3) is 5.57 Å². The average molecular weight is 187 g/mol. The van der Waals surface area contributed by atoms with Gasteiger partial charge in [-0.25, -0.2) is 4.79 Å². The maximum Gasteiger partial charge on any atom is 0.336 e. The van der Waals surface area contributed by atoms with Crippen molar-refractivity contribution in [3.63, 3.8) is 0 Å². The van der Waals surface area contributed by atoms with Gasteiger partial charge in [-0.2, -0.15) is 5.26 Å². The minimum Gasteiger partial charge on any atom is -0.478 e. The van der Waals surface area contributed by atoms with Crippen molar-refractivity contribution >= 4 is 11.5 Å². The maximum absolute atomic E-state index is 10.8. The zero-order chi connectivity index (χ0) is 10.7. The van der Waals surface area contributed by atoms with Crippen LogP contribution in [-0.4, -0.2) is 11.1 Å². The molecule has 0 bridgehead atoms. The minimum atomic E-state index is -1.04. The summed E-state index contributed by atoms with van der Waals surface area (Å²) in [6.07, 6.45) is 0. The number of nitriles is 1.